The number of pyridine rings is 1. The van der Waals surface area contributed by atoms with Crippen LogP contribution in [0.15, 0.2) is 18.3 Å². The van der Waals surface area contributed by atoms with E-state index in [4.69, 9.17) is 10.5 Å². The fraction of sp³-hybridized carbons (Fsp3) is 0.455. The Morgan fingerprint density at radius 3 is 2.94 bits per heavy atom. The molecule has 1 amide bonds. The third-order valence-electron chi connectivity index (χ3n) is 1.97. The second-order valence-corrected chi connectivity index (χ2v) is 3.51. The van der Waals surface area contributed by atoms with Gasteiger partial charge in [-0.25, -0.2) is 4.98 Å². The van der Waals surface area contributed by atoms with Crippen molar-refractivity contribution in [2.45, 2.75) is 19.9 Å². The summed E-state index contributed by atoms with van der Waals surface area (Å²) in [5.74, 6) is -0.216. The van der Waals surface area contributed by atoms with E-state index >= 15 is 0 Å². The number of anilines is 1. The Morgan fingerprint density at radius 1 is 1.62 bits per heavy atom. The third-order valence-corrected chi connectivity index (χ3v) is 1.97. The van der Waals surface area contributed by atoms with Gasteiger partial charge in [-0.1, -0.05) is 0 Å². The van der Waals surface area contributed by atoms with Gasteiger partial charge in [-0.3, -0.25) is 4.79 Å². The van der Waals surface area contributed by atoms with E-state index in [2.05, 4.69) is 10.3 Å². The number of nitrogens with zero attached hydrogens (tertiary/aromatic N) is 1. The number of hydrogen-bond donors (Lipinski definition) is 2. The monoisotopic (exact) mass is 223 g/mol. The molecule has 0 saturated heterocycles. The molecule has 0 fully saturated rings. The highest BCUT2D eigenvalue weighted by Gasteiger charge is 2.10. The van der Waals surface area contributed by atoms with Crippen LogP contribution < -0.4 is 11.1 Å². The van der Waals surface area contributed by atoms with E-state index in [9.17, 15) is 4.79 Å². The average Bonchev–Trinajstić information content (AvgIpc) is 2.27. The number of nitrogens with two attached hydrogens (primary N) is 1. The van der Waals surface area contributed by atoms with Crippen LogP contribution in [0.3, 0.4) is 0 Å². The average molecular weight is 223 g/mol. The zero-order valence-corrected chi connectivity index (χ0v) is 9.56. The fourth-order valence-corrected chi connectivity index (χ4v) is 1.17. The van der Waals surface area contributed by atoms with Gasteiger partial charge in [0.05, 0.1) is 18.5 Å². The van der Waals surface area contributed by atoms with Crippen LogP contribution in [0.1, 0.15) is 24.3 Å². The summed E-state index contributed by atoms with van der Waals surface area (Å²) < 4.78 is 5.20. The van der Waals surface area contributed by atoms with Crippen LogP contribution in [0.5, 0.6) is 0 Å². The molecule has 1 heterocycles. The second-order valence-electron chi connectivity index (χ2n) is 3.51. The molecular weight excluding hydrogens is 206 g/mol. The van der Waals surface area contributed by atoms with Gasteiger partial charge >= 0.3 is 0 Å². The van der Waals surface area contributed by atoms with E-state index in [1.165, 1.54) is 6.20 Å². The number of nitrogens with one attached hydrogen (secondary N) is 1. The summed E-state index contributed by atoms with van der Waals surface area (Å²) >= 11 is 0. The van der Waals surface area contributed by atoms with Crippen LogP contribution in [0, 0.1) is 0 Å². The number of carbonyl (C=O) groups is 1. The molecule has 0 saturated carbocycles. The standard InChI is InChI=1S/C11H17N3O2/c1-3-16-7-8(2)14-11(15)10-5-4-9(12)6-13-10/h4-6,8H,3,7,12H2,1-2H3,(H,14,15). The lowest BCUT2D eigenvalue weighted by Gasteiger charge is -2.13. The van der Waals surface area contributed by atoms with E-state index < -0.39 is 0 Å². The van der Waals surface area contributed by atoms with Crippen molar-refractivity contribution >= 4 is 11.6 Å². The summed E-state index contributed by atoms with van der Waals surface area (Å²) in [5, 5.41) is 2.78. The Balaban J connectivity index is 2.48. The molecule has 1 aromatic heterocycles. The van der Waals surface area contributed by atoms with Gasteiger partial charge in [0.2, 0.25) is 0 Å². The summed E-state index contributed by atoms with van der Waals surface area (Å²) in [6.07, 6.45) is 1.46. The van der Waals surface area contributed by atoms with Crippen LogP contribution in [0.25, 0.3) is 0 Å². The first-order valence-corrected chi connectivity index (χ1v) is 5.23. The Bertz CT molecular complexity index is 338. The topological polar surface area (TPSA) is 77.2 Å². The normalized spacial score (nSPS) is 12.1. The molecule has 3 N–H and O–H groups in total. The van der Waals surface area contributed by atoms with Crippen molar-refractivity contribution in [3.63, 3.8) is 0 Å². The first-order chi connectivity index (χ1) is 7.63. The zero-order valence-electron chi connectivity index (χ0n) is 9.56. The van der Waals surface area contributed by atoms with Gasteiger partial charge in [0.25, 0.3) is 5.91 Å². The molecule has 0 aliphatic rings. The first kappa shape index (κ1) is 12.4. The lowest BCUT2D eigenvalue weighted by molar-refractivity contribution is 0.0867. The van der Waals surface area contributed by atoms with Crippen molar-refractivity contribution in [3.05, 3.63) is 24.0 Å². The molecule has 0 bridgehead atoms. The summed E-state index contributed by atoms with van der Waals surface area (Å²) in [5.41, 5.74) is 6.38. The Labute approximate surface area is 95.0 Å². The molecule has 1 aromatic rings. The lowest BCUT2D eigenvalue weighted by atomic mass is 10.3. The summed E-state index contributed by atoms with van der Waals surface area (Å²) in [6.45, 7) is 4.93. The summed E-state index contributed by atoms with van der Waals surface area (Å²) in [6, 6.07) is 3.21. The van der Waals surface area contributed by atoms with Gasteiger partial charge in [0.1, 0.15) is 5.69 Å². The van der Waals surface area contributed by atoms with Crippen molar-refractivity contribution < 1.29 is 9.53 Å². The quantitative estimate of drug-likeness (QED) is 0.774. The van der Waals surface area contributed by atoms with Crippen LogP contribution in [0.4, 0.5) is 5.69 Å². The number of aromatic nitrogens is 1. The first-order valence-electron chi connectivity index (χ1n) is 5.23. The van der Waals surface area contributed by atoms with Gasteiger partial charge in [0.15, 0.2) is 0 Å². The summed E-state index contributed by atoms with van der Waals surface area (Å²) in [4.78, 5) is 15.6. The van der Waals surface area contributed by atoms with Crippen LogP contribution in [-0.4, -0.2) is 30.1 Å². The Hall–Kier alpha value is -1.62. The van der Waals surface area contributed by atoms with Crippen molar-refractivity contribution in [1.29, 1.82) is 0 Å². The molecule has 5 nitrogen and oxygen atoms in total. The Kier molecular flexibility index (Phi) is 4.72. The van der Waals surface area contributed by atoms with Crippen LogP contribution >= 0.6 is 0 Å². The Morgan fingerprint density at radius 2 is 2.38 bits per heavy atom. The number of nitrogen functional groups attached to an aromatic ring is 1. The van der Waals surface area contributed by atoms with E-state index in [0.29, 0.717) is 24.6 Å². The molecule has 1 atom stereocenters. The molecule has 0 aliphatic carbocycles. The highest BCUT2D eigenvalue weighted by Crippen LogP contribution is 2.01. The van der Waals surface area contributed by atoms with E-state index in [1.54, 1.807) is 12.1 Å². The number of carbonyl (C=O) groups excluding carboxylic acids is 1. The van der Waals surface area contributed by atoms with Gasteiger partial charge in [0, 0.05) is 12.6 Å². The van der Waals surface area contributed by atoms with Crippen LogP contribution in [-0.2, 0) is 4.74 Å². The van der Waals surface area contributed by atoms with E-state index in [1.807, 2.05) is 13.8 Å². The molecule has 1 unspecified atom stereocenters. The zero-order chi connectivity index (χ0) is 12.0. The number of rotatable bonds is 5. The fourth-order valence-electron chi connectivity index (χ4n) is 1.17. The van der Waals surface area contributed by atoms with Gasteiger partial charge < -0.3 is 15.8 Å². The lowest BCUT2D eigenvalue weighted by Crippen LogP contribution is -2.36. The minimum Gasteiger partial charge on any atom is -0.397 e. The van der Waals surface area contributed by atoms with E-state index in [0.717, 1.165) is 0 Å². The second kappa shape index (κ2) is 6.07. The minimum atomic E-state index is -0.216. The molecule has 0 aromatic carbocycles. The minimum absolute atomic E-state index is 0.0354. The van der Waals surface area contributed by atoms with Crippen molar-refractivity contribution in [2.24, 2.45) is 0 Å². The predicted molar refractivity (Wildman–Crippen MR) is 62.1 cm³/mol. The number of ether oxygens (including phenoxy) is 1. The maximum atomic E-state index is 11.7. The van der Waals surface area contributed by atoms with Crippen LogP contribution in [0.2, 0.25) is 0 Å². The van der Waals surface area contributed by atoms with Crippen molar-refractivity contribution in [2.75, 3.05) is 18.9 Å². The van der Waals surface area contributed by atoms with Gasteiger partial charge in [-0.2, -0.15) is 0 Å². The largest absolute Gasteiger partial charge is 0.397 e. The molecular formula is C11H17N3O2. The van der Waals surface area contributed by atoms with Gasteiger partial charge in [-0.05, 0) is 26.0 Å². The van der Waals surface area contributed by atoms with Gasteiger partial charge in [-0.15, -0.1) is 0 Å². The number of amides is 1. The summed E-state index contributed by atoms with van der Waals surface area (Å²) in [7, 11) is 0. The predicted octanol–water partition coefficient (Wildman–Crippen LogP) is 0.819. The maximum absolute atomic E-state index is 11.7. The highest BCUT2D eigenvalue weighted by molar-refractivity contribution is 5.92. The smallest absolute Gasteiger partial charge is 0.270 e. The highest BCUT2D eigenvalue weighted by atomic mass is 16.5. The SMILES string of the molecule is CCOCC(C)NC(=O)c1ccc(N)cn1. The third kappa shape index (κ3) is 3.86. The molecule has 16 heavy (non-hydrogen) atoms. The number of hydrogen-bond acceptors (Lipinski definition) is 4. The maximum Gasteiger partial charge on any atom is 0.270 e. The van der Waals surface area contributed by atoms with E-state index in [-0.39, 0.29) is 11.9 Å². The molecule has 5 heteroatoms. The van der Waals surface area contributed by atoms with Crippen molar-refractivity contribution in [1.82, 2.24) is 10.3 Å². The molecule has 0 spiro atoms. The molecule has 1 rings (SSSR count). The molecule has 0 aliphatic heterocycles. The molecule has 88 valence electrons. The van der Waals surface area contributed by atoms with Crippen molar-refractivity contribution in [3.8, 4) is 0 Å². The molecule has 0 radical (unpaired) electrons.